The molecule has 0 aliphatic rings. The van der Waals surface area contributed by atoms with Crippen molar-refractivity contribution in [2.75, 3.05) is 5.32 Å². The largest absolute Gasteiger partial charge is 0.481 e. The van der Waals surface area contributed by atoms with Gasteiger partial charge in [0.25, 0.3) is 5.91 Å². The number of nitrogens with one attached hydrogen (secondary N) is 1. The molecule has 0 radical (unpaired) electrons. The molecule has 3 heteroatoms. The number of rotatable bonds is 5. The van der Waals surface area contributed by atoms with Crippen LogP contribution in [0.25, 0.3) is 10.8 Å². The first-order valence-electron chi connectivity index (χ1n) is 8.18. The molecule has 0 saturated heterocycles. The minimum absolute atomic E-state index is 0.130. The minimum atomic E-state index is -0.521. The molecule has 0 aliphatic heterocycles. The van der Waals surface area contributed by atoms with E-state index >= 15 is 0 Å². The molecule has 3 rings (SSSR count). The number of fused-ring (bicyclic) bond motifs is 1. The van der Waals surface area contributed by atoms with Gasteiger partial charge in [-0.15, -0.1) is 0 Å². The molecule has 0 unspecified atom stereocenters. The summed E-state index contributed by atoms with van der Waals surface area (Å²) in [5, 5.41) is 5.17. The van der Waals surface area contributed by atoms with Gasteiger partial charge in [0.1, 0.15) is 5.75 Å². The standard InChI is InChI=1S/C21H21NO2/c1-3-20(21(23)22-18-11-8-15(2)9-12-18)24-19-13-10-16-6-4-5-7-17(16)14-19/h4-14,20H,3H2,1-2H3,(H,22,23)/t20-/m0/s1. The van der Waals surface area contributed by atoms with Crippen LogP contribution in [0.15, 0.2) is 66.7 Å². The molecule has 3 nitrogen and oxygen atoms in total. The zero-order valence-electron chi connectivity index (χ0n) is 14.0. The first kappa shape index (κ1) is 16.1. The van der Waals surface area contributed by atoms with E-state index in [1.54, 1.807) is 0 Å². The van der Waals surface area contributed by atoms with Crippen LogP contribution < -0.4 is 10.1 Å². The summed E-state index contributed by atoms with van der Waals surface area (Å²) < 4.78 is 5.92. The number of ether oxygens (including phenoxy) is 1. The second-order valence-corrected chi connectivity index (χ2v) is 5.88. The Hall–Kier alpha value is -2.81. The van der Waals surface area contributed by atoms with Crippen LogP contribution in [0, 0.1) is 6.92 Å². The highest BCUT2D eigenvalue weighted by molar-refractivity contribution is 5.94. The minimum Gasteiger partial charge on any atom is -0.481 e. The second kappa shape index (κ2) is 7.18. The van der Waals surface area contributed by atoms with E-state index in [0.717, 1.165) is 22.0 Å². The number of carbonyl (C=O) groups is 1. The summed E-state index contributed by atoms with van der Waals surface area (Å²) in [6.07, 6.45) is 0.0808. The Balaban J connectivity index is 1.72. The Morgan fingerprint density at radius 3 is 2.42 bits per heavy atom. The van der Waals surface area contributed by atoms with Crippen molar-refractivity contribution in [3.05, 3.63) is 72.3 Å². The summed E-state index contributed by atoms with van der Waals surface area (Å²) in [5.74, 6) is 0.578. The van der Waals surface area contributed by atoms with E-state index in [2.05, 4.69) is 11.4 Å². The van der Waals surface area contributed by atoms with Gasteiger partial charge in [-0.2, -0.15) is 0 Å². The first-order valence-corrected chi connectivity index (χ1v) is 8.18. The maximum absolute atomic E-state index is 12.5. The third-order valence-corrected chi connectivity index (χ3v) is 3.98. The van der Waals surface area contributed by atoms with Gasteiger partial charge in [-0.1, -0.05) is 55.0 Å². The average Bonchev–Trinajstić information content (AvgIpc) is 2.61. The van der Waals surface area contributed by atoms with Crippen LogP contribution in [-0.2, 0) is 4.79 Å². The lowest BCUT2D eigenvalue weighted by molar-refractivity contribution is -0.122. The molecule has 0 saturated carbocycles. The molecule has 0 fully saturated rings. The molecule has 1 N–H and O–H groups in total. The number of hydrogen-bond donors (Lipinski definition) is 1. The number of anilines is 1. The lowest BCUT2D eigenvalue weighted by Gasteiger charge is -2.17. The molecular weight excluding hydrogens is 298 g/mol. The summed E-state index contributed by atoms with van der Waals surface area (Å²) in [6, 6.07) is 21.7. The Morgan fingerprint density at radius 1 is 1.00 bits per heavy atom. The van der Waals surface area contributed by atoms with Crippen molar-refractivity contribution in [2.45, 2.75) is 26.4 Å². The molecule has 0 spiro atoms. The van der Waals surface area contributed by atoms with Crippen LogP contribution >= 0.6 is 0 Å². The molecule has 3 aromatic carbocycles. The van der Waals surface area contributed by atoms with Gasteiger partial charge in [-0.25, -0.2) is 0 Å². The molecule has 0 aromatic heterocycles. The average molecular weight is 319 g/mol. The quantitative estimate of drug-likeness (QED) is 0.723. The molecule has 122 valence electrons. The second-order valence-electron chi connectivity index (χ2n) is 5.88. The SMILES string of the molecule is CC[C@H](Oc1ccc2ccccc2c1)C(=O)Nc1ccc(C)cc1. The Labute approximate surface area is 142 Å². The maximum atomic E-state index is 12.5. The lowest BCUT2D eigenvalue weighted by Crippen LogP contribution is -2.32. The van der Waals surface area contributed by atoms with Crippen molar-refractivity contribution in [2.24, 2.45) is 0 Å². The van der Waals surface area contributed by atoms with E-state index in [1.165, 1.54) is 0 Å². The molecule has 0 aliphatic carbocycles. The number of hydrogen-bond acceptors (Lipinski definition) is 2. The van der Waals surface area contributed by atoms with Crippen molar-refractivity contribution in [3.63, 3.8) is 0 Å². The highest BCUT2D eigenvalue weighted by Gasteiger charge is 2.18. The van der Waals surface area contributed by atoms with Gasteiger partial charge in [-0.3, -0.25) is 4.79 Å². The smallest absolute Gasteiger partial charge is 0.265 e. The van der Waals surface area contributed by atoms with Crippen LogP contribution in [0.4, 0.5) is 5.69 Å². The van der Waals surface area contributed by atoms with Crippen LogP contribution in [0.1, 0.15) is 18.9 Å². The van der Waals surface area contributed by atoms with Crippen molar-refractivity contribution < 1.29 is 9.53 Å². The van der Waals surface area contributed by atoms with E-state index in [-0.39, 0.29) is 5.91 Å². The number of carbonyl (C=O) groups excluding carboxylic acids is 1. The topological polar surface area (TPSA) is 38.3 Å². The van der Waals surface area contributed by atoms with Gasteiger partial charge >= 0.3 is 0 Å². The van der Waals surface area contributed by atoms with E-state index in [4.69, 9.17) is 4.74 Å². The third-order valence-electron chi connectivity index (χ3n) is 3.98. The monoisotopic (exact) mass is 319 g/mol. The zero-order chi connectivity index (χ0) is 16.9. The normalized spacial score (nSPS) is 11.9. The van der Waals surface area contributed by atoms with Crippen molar-refractivity contribution >= 4 is 22.4 Å². The summed E-state index contributed by atoms with van der Waals surface area (Å²) >= 11 is 0. The molecule has 24 heavy (non-hydrogen) atoms. The van der Waals surface area contributed by atoms with Crippen LogP contribution in [0.3, 0.4) is 0 Å². The zero-order valence-corrected chi connectivity index (χ0v) is 14.0. The summed E-state index contributed by atoms with van der Waals surface area (Å²) in [7, 11) is 0. The predicted molar refractivity (Wildman–Crippen MR) is 98.5 cm³/mol. The molecule has 1 atom stereocenters. The fourth-order valence-electron chi connectivity index (χ4n) is 2.59. The van der Waals surface area contributed by atoms with Crippen molar-refractivity contribution in [1.82, 2.24) is 0 Å². The maximum Gasteiger partial charge on any atom is 0.265 e. The van der Waals surface area contributed by atoms with E-state index in [1.807, 2.05) is 74.5 Å². The Kier molecular flexibility index (Phi) is 4.80. The Morgan fingerprint density at radius 2 is 1.71 bits per heavy atom. The molecule has 0 heterocycles. The number of amides is 1. The first-order chi connectivity index (χ1) is 11.7. The van der Waals surface area contributed by atoms with Crippen molar-refractivity contribution in [1.29, 1.82) is 0 Å². The van der Waals surface area contributed by atoms with E-state index < -0.39 is 6.10 Å². The highest BCUT2D eigenvalue weighted by Crippen LogP contribution is 2.22. The molecular formula is C21H21NO2. The van der Waals surface area contributed by atoms with Gasteiger partial charge < -0.3 is 10.1 Å². The Bertz CT molecular complexity index is 840. The van der Waals surface area contributed by atoms with Crippen LogP contribution in [0.5, 0.6) is 5.75 Å². The summed E-state index contributed by atoms with van der Waals surface area (Å²) in [6.45, 7) is 3.96. The lowest BCUT2D eigenvalue weighted by atomic mass is 10.1. The predicted octanol–water partition coefficient (Wildman–Crippen LogP) is 4.94. The van der Waals surface area contributed by atoms with Crippen molar-refractivity contribution in [3.8, 4) is 5.75 Å². The highest BCUT2D eigenvalue weighted by atomic mass is 16.5. The van der Waals surface area contributed by atoms with E-state index in [9.17, 15) is 4.79 Å². The number of aryl methyl sites for hydroxylation is 1. The number of benzene rings is 3. The third kappa shape index (κ3) is 3.74. The van der Waals surface area contributed by atoms with Gasteiger partial charge in [0.2, 0.25) is 0 Å². The van der Waals surface area contributed by atoms with Gasteiger partial charge in [0.15, 0.2) is 6.10 Å². The van der Waals surface area contributed by atoms with E-state index in [0.29, 0.717) is 12.2 Å². The molecule has 3 aromatic rings. The summed E-state index contributed by atoms with van der Waals surface area (Å²) in [5.41, 5.74) is 1.94. The van der Waals surface area contributed by atoms with Crippen LogP contribution in [0.2, 0.25) is 0 Å². The fraction of sp³-hybridized carbons (Fsp3) is 0.190. The fourth-order valence-corrected chi connectivity index (χ4v) is 2.59. The molecule has 0 bridgehead atoms. The van der Waals surface area contributed by atoms with Crippen LogP contribution in [-0.4, -0.2) is 12.0 Å². The molecule has 1 amide bonds. The van der Waals surface area contributed by atoms with Gasteiger partial charge in [-0.05, 0) is 48.4 Å². The van der Waals surface area contributed by atoms with Gasteiger partial charge in [0.05, 0.1) is 0 Å². The van der Waals surface area contributed by atoms with Gasteiger partial charge in [0, 0.05) is 5.69 Å². The summed E-state index contributed by atoms with van der Waals surface area (Å²) in [4.78, 5) is 12.5.